The Morgan fingerprint density at radius 1 is 1.32 bits per heavy atom. The number of benzene rings is 1. The third-order valence-corrected chi connectivity index (χ3v) is 3.03. The molecule has 0 aromatic heterocycles. The summed E-state index contributed by atoms with van der Waals surface area (Å²) in [6, 6.07) is 10.4. The molecule has 0 saturated carbocycles. The van der Waals surface area contributed by atoms with Crippen LogP contribution in [0.15, 0.2) is 24.3 Å². The molecule has 0 spiro atoms. The van der Waals surface area contributed by atoms with Crippen LogP contribution in [-0.4, -0.2) is 26.4 Å². The molecule has 0 radical (unpaired) electrons. The molecule has 0 aliphatic carbocycles. The molecule has 2 atom stereocenters. The van der Waals surface area contributed by atoms with Gasteiger partial charge in [0.05, 0.1) is 6.61 Å². The van der Waals surface area contributed by atoms with Crippen LogP contribution in [0.4, 0.5) is 0 Å². The molecule has 0 aliphatic rings. The Labute approximate surface area is 115 Å². The van der Waals surface area contributed by atoms with E-state index in [2.05, 4.69) is 19.2 Å². The van der Waals surface area contributed by atoms with Gasteiger partial charge in [-0.3, -0.25) is 0 Å². The quantitative estimate of drug-likeness (QED) is 0.782. The van der Waals surface area contributed by atoms with Gasteiger partial charge in [0, 0.05) is 19.2 Å². The van der Waals surface area contributed by atoms with E-state index in [0.29, 0.717) is 12.6 Å². The summed E-state index contributed by atoms with van der Waals surface area (Å²) in [5, 5.41) is 12.0. The summed E-state index contributed by atoms with van der Waals surface area (Å²) < 4.78 is 10.4. The van der Waals surface area contributed by atoms with E-state index in [4.69, 9.17) is 14.7 Å². The standard InChI is InChI=1S/C15H22N2O2/c1-4-14(11-18-3)17-12(2)13-5-7-15(8-6-13)19-10-9-16/h5-8,12,14,17H,4,10-11H2,1-3H3. The minimum atomic E-state index is 0.0822. The number of ether oxygens (including phenoxy) is 2. The first-order valence-corrected chi connectivity index (χ1v) is 6.56. The highest BCUT2D eigenvalue weighted by molar-refractivity contribution is 5.29. The molecule has 1 aromatic carbocycles. The predicted octanol–water partition coefficient (Wildman–Crippen LogP) is 2.66. The number of rotatable bonds is 8. The van der Waals surface area contributed by atoms with Gasteiger partial charge in [-0.05, 0) is 31.0 Å². The van der Waals surface area contributed by atoms with Gasteiger partial charge in [0.1, 0.15) is 11.8 Å². The van der Waals surface area contributed by atoms with Gasteiger partial charge in [-0.2, -0.15) is 5.26 Å². The average molecular weight is 262 g/mol. The smallest absolute Gasteiger partial charge is 0.174 e. The molecule has 0 amide bonds. The molecule has 19 heavy (non-hydrogen) atoms. The van der Waals surface area contributed by atoms with Crippen LogP contribution in [0, 0.1) is 11.3 Å². The van der Waals surface area contributed by atoms with Crippen molar-refractivity contribution in [2.45, 2.75) is 32.4 Å². The van der Waals surface area contributed by atoms with Crippen LogP contribution in [0.5, 0.6) is 5.75 Å². The van der Waals surface area contributed by atoms with Crippen molar-refractivity contribution in [2.24, 2.45) is 0 Å². The second-order valence-electron chi connectivity index (χ2n) is 4.46. The van der Waals surface area contributed by atoms with E-state index in [0.717, 1.165) is 12.2 Å². The number of nitriles is 1. The molecule has 0 aliphatic heterocycles. The minimum absolute atomic E-state index is 0.0822. The van der Waals surface area contributed by atoms with E-state index in [1.54, 1.807) is 7.11 Å². The van der Waals surface area contributed by atoms with E-state index in [1.807, 2.05) is 30.3 Å². The number of methoxy groups -OCH3 is 1. The lowest BCUT2D eigenvalue weighted by Crippen LogP contribution is -2.34. The fourth-order valence-electron chi connectivity index (χ4n) is 1.90. The van der Waals surface area contributed by atoms with Crippen molar-refractivity contribution in [3.63, 3.8) is 0 Å². The van der Waals surface area contributed by atoms with Gasteiger partial charge in [0.15, 0.2) is 6.61 Å². The van der Waals surface area contributed by atoms with Crippen LogP contribution in [0.2, 0.25) is 0 Å². The zero-order valence-corrected chi connectivity index (χ0v) is 11.8. The number of nitrogens with zero attached hydrogens (tertiary/aromatic N) is 1. The summed E-state index contributed by atoms with van der Waals surface area (Å²) in [7, 11) is 1.72. The van der Waals surface area contributed by atoms with Gasteiger partial charge in [-0.25, -0.2) is 0 Å². The van der Waals surface area contributed by atoms with Crippen LogP contribution in [0.1, 0.15) is 31.9 Å². The van der Waals surface area contributed by atoms with E-state index in [1.165, 1.54) is 5.56 Å². The van der Waals surface area contributed by atoms with Crippen LogP contribution in [0.3, 0.4) is 0 Å². The Kier molecular flexibility index (Phi) is 6.94. The summed E-state index contributed by atoms with van der Waals surface area (Å²) in [6.07, 6.45) is 1.03. The third-order valence-electron chi connectivity index (χ3n) is 3.03. The summed E-state index contributed by atoms with van der Waals surface area (Å²) in [5.74, 6) is 0.724. The normalized spacial score (nSPS) is 13.6. The first kappa shape index (κ1) is 15.5. The SMILES string of the molecule is CCC(COC)NC(C)c1ccc(OCC#N)cc1. The lowest BCUT2D eigenvalue weighted by Gasteiger charge is -2.22. The van der Waals surface area contributed by atoms with Crippen LogP contribution < -0.4 is 10.1 Å². The number of hydrogen-bond acceptors (Lipinski definition) is 4. The summed E-state index contributed by atoms with van der Waals surface area (Å²) >= 11 is 0. The van der Waals surface area contributed by atoms with E-state index >= 15 is 0 Å². The number of hydrogen-bond donors (Lipinski definition) is 1. The zero-order valence-electron chi connectivity index (χ0n) is 11.8. The number of nitrogens with one attached hydrogen (secondary N) is 1. The van der Waals surface area contributed by atoms with Crippen molar-refractivity contribution in [1.29, 1.82) is 5.26 Å². The van der Waals surface area contributed by atoms with Crippen molar-refractivity contribution >= 4 is 0 Å². The summed E-state index contributed by atoms with van der Waals surface area (Å²) in [4.78, 5) is 0. The first-order valence-electron chi connectivity index (χ1n) is 6.56. The monoisotopic (exact) mass is 262 g/mol. The molecule has 0 saturated heterocycles. The molecule has 104 valence electrons. The highest BCUT2D eigenvalue weighted by atomic mass is 16.5. The summed E-state index contributed by atoms with van der Waals surface area (Å²) in [5.41, 5.74) is 1.19. The molecule has 1 rings (SSSR count). The highest BCUT2D eigenvalue weighted by Crippen LogP contribution is 2.18. The molecule has 4 nitrogen and oxygen atoms in total. The van der Waals surface area contributed by atoms with E-state index < -0.39 is 0 Å². The van der Waals surface area contributed by atoms with Gasteiger partial charge < -0.3 is 14.8 Å². The third kappa shape index (κ3) is 5.29. The molecule has 0 bridgehead atoms. The van der Waals surface area contributed by atoms with Crippen LogP contribution in [-0.2, 0) is 4.74 Å². The largest absolute Gasteiger partial charge is 0.479 e. The molecule has 2 unspecified atom stereocenters. The van der Waals surface area contributed by atoms with Gasteiger partial charge in [-0.1, -0.05) is 19.1 Å². The van der Waals surface area contributed by atoms with Crippen molar-refractivity contribution in [3.8, 4) is 11.8 Å². The van der Waals surface area contributed by atoms with Gasteiger partial charge in [0.25, 0.3) is 0 Å². The lowest BCUT2D eigenvalue weighted by molar-refractivity contribution is 0.159. The molecular weight excluding hydrogens is 240 g/mol. The Bertz CT molecular complexity index is 398. The zero-order chi connectivity index (χ0) is 14.1. The van der Waals surface area contributed by atoms with Crippen LogP contribution >= 0.6 is 0 Å². The molecule has 4 heteroatoms. The predicted molar refractivity (Wildman–Crippen MR) is 75.1 cm³/mol. The van der Waals surface area contributed by atoms with E-state index in [9.17, 15) is 0 Å². The van der Waals surface area contributed by atoms with Gasteiger partial charge >= 0.3 is 0 Å². The van der Waals surface area contributed by atoms with Gasteiger partial charge in [0.2, 0.25) is 0 Å². The second-order valence-corrected chi connectivity index (χ2v) is 4.46. The topological polar surface area (TPSA) is 54.3 Å². The maximum Gasteiger partial charge on any atom is 0.174 e. The molecule has 1 aromatic rings. The van der Waals surface area contributed by atoms with Crippen LogP contribution in [0.25, 0.3) is 0 Å². The Hall–Kier alpha value is -1.57. The maximum absolute atomic E-state index is 8.45. The fourth-order valence-corrected chi connectivity index (χ4v) is 1.90. The lowest BCUT2D eigenvalue weighted by atomic mass is 10.1. The van der Waals surface area contributed by atoms with Crippen molar-refractivity contribution in [3.05, 3.63) is 29.8 Å². The molecule has 0 fully saturated rings. The summed E-state index contributed by atoms with van der Waals surface area (Å²) in [6.45, 7) is 5.06. The first-order chi connectivity index (χ1) is 9.21. The minimum Gasteiger partial charge on any atom is -0.479 e. The second kappa shape index (κ2) is 8.52. The van der Waals surface area contributed by atoms with Crippen molar-refractivity contribution in [2.75, 3.05) is 20.3 Å². The highest BCUT2D eigenvalue weighted by Gasteiger charge is 2.11. The Morgan fingerprint density at radius 2 is 2.00 bits per heavy atom. The molecule has 0 heterocycles. The van der Waals surface area contributed by atoms with Crippen molar-refractivity contribution in [1.82, 2.24) is 5.32 Å². The molecular formula is C15H22N2O2. The van der Waals surface area contributed by atoms with Gasteiger partial charge in [-0.15, -0.1) is 0 Å². The maximum atomic E-state index is 8.45. The fraction of sp³-hybridized carbons (Fsp3) is 0.533. The molecule has 1 N–H and O–H groups in total. The Balaban J connectivity index is 2.57. The Morgan fingerprint density at radius 3 is 2.53 bits per heavy atom. The average Bonchev–Trinajstić information content (AvgIpc) is 2.45. The van der Waals surface area contributed by atoms with E-state index in [-0.39, 0.29) is 12.6 Å². The van der Waals surface area contributed by atoms with Crippen molar-refractivity contribution < 1.29 is 9.47 Å².